The average Bonchev–Trinajstić information content (AvgIpc) is 2.52. The first-order chi connectivity index (χ1) is 10.2. The molecule has 2 nitrogen and oxygen atoms in total. The Morgan fingerprint density at radius 3 is 2.76 bits per heavy atom. The highest BCUT2D eigenvalue weighted by Gasteiger charge is 2.23. The van der Waals surface area contributed by atoms with E-state index in [1.165, 1.54) is 11.6 Å². The summed E-state index contributed by atoms with van der Waals surface area (Å²) in [5.74, 6) is -0.210. The standard InChI is InChI=1S/C17H18BrFN2/c18-15-10-13(6-7-16(15)19)12-21-9-8-20-11-17(21)14-4-2-1-3-5-14/h1-7,10,17,20H,8-9,11-12H2. The van der Waals surface area contributed by atoms with E-state index in [9.17, 15) is 4.39 Å². The van der Waals surface area contributed by atoms with E-state index in [1.54, 1.807) is 0 Å². The second-order valence-corrected chi connectivity index (χ2v) is 6.20. The minimum Gasteiger partial charge on any atom is -0.314 e. The summed E-state index contributed by atoms with van der Waals surface area (Å²) >= 11 is 3.27. The first-order valence-corrected chi connectivity index (χ1v) is 7.97. The molecule has 1 unspecified atom stereocenters. The highest BCUT2D eigenvalue weighted by molar-refractivity contribution is 9.10. The monoisotopic (exact) mass is 348 g/mol. The predicted molar refractivity (Wildman–Crippen MR) is 86.6 cm³/mol. The van der Waals surface area contributed by atoms with E-state index in [4.69, 9.17) is 0 Å². The number of hydrogen-bond acceptors (Lipinski definition) is 2. The Bertz CT molecular complexity index is 603. The third kappa shape index (κ3) is 3.51. The molecule has 1 aliphatic rings. The first-order valence-electron chi connectivity index (χ1n) is 7.17. The lowest BCUT2D eigenvalue weighted by molar-refractivity contribution is 0.153. The molecular formula is C17H18BrFN2. The lowest BCUT2D eigenvalue weighted by Gasteiger charge is -2.36. The van der Waals surface area contributed by atoms with Gasteiger partial charge in [-0.3, -0.25) is 4.90 Å². The van der Waals surface area contributed by atoms with Crippen molar-refractivity contribution in [3.8, 4) is 0 Å². The number of rotatable bonds is 3. The van der Waals surface area contributed by atoms with Crippen LogP contribution in [0.3, 0.4) is 0 Å². The van der Waals surface area contributed by atoms with Crippen LogP contribution in [0.1, 0.15) is 17.2 Å². The zero-order valence-electron chi connectivity index (χ0n) is 11.7. The van der Waals surface area contributed by atoms with E-state index in [0.29, 0.717) is 10.5 Å². The van der Waals surface area contributed by atoms with Crippen molar-refractivity contribution in [3.63, 3.8) is 0 Å². The van der Waals surface area contributed by atoms with Crippen molar-refractivity contribution >= 4 is 15.9 Å². The maximum absolute atomic E-state index is 13.3. The lowest BCUT2D eigenvalue weighted by atomic mass is 10.0. The second-order valence-electron chi connectivity index (χ2n) is 5.35. The van der Waals surface area contributed by atoms with Crippen molar-refractivity contribution in [3.05, 3.63) is 69.9 Å². The van der Waals surface area contributed by atoms with E-state index in [2.05, 4.69) is 50.4 Å². The highest BCUT2D eigenvalue weighted by atomic mass is 79.9. The minimum atomic E-state index is -0.210. The summed E-state index contributed by atoms with van der Waals surface area (Å²) in [6, 6.07) is 16.2. The smallest absolute Gasteiger partial charge is 0.137 e. The van der Waals surface area contributed by atoms with Gasteiger partial charge in [-0.25, -0.2) is 4.39 Å². The summed E-state index contributed by atoms with van der Waals surface area (Å²) < 4.78 is 13.9. The predicted octanol–water partition coefficient (Wildman–Crippen LogP) is 3.73. The molecule has 4 heteroatoms. The summed E-state index contributed by atoms with van der Waals surface area (Å²) in [5.41, 5.74) is 2.46. The number of nitrogens with zero attached hydrogens (tertiary/aromatic N) is 1. The van der Waals surface area contributed by atoms with Gasteiger partial charge in [0, 0.05) is 32.2 Å². The van der Waals surface area contributed by atoms with Gasteiger partial charge in [-0.05, 0) is 39.2 Å². The highest BCUT2D eigenvalue weighted by Crippen LogP contribution is 2.25. The summed E-state index contributed by atoms with van der Waals surface area (Å²) in [6.45, 7) is 3.77. The van der Waals surface area contributed by atoms with Gasteiger partial charge < -0.3 is 5.32 Å². The molecule has 0 bridgehead atoms. The zero-order valence-corrected chi connectivity index (χ0v) is 13.3. The first kappa shape index (κ1) is 14.7. The average molecular weight is 349 g/mol. The van der Waals surface area contributed by atoms with Gasteiger partial charge in [-0.15, -0.1) is 0 Å². The van der Waals surface area contributed by atoms with Crippen LogP contribution in [0.15, 0.2) is 53.0 Å². The Morgan fingerprint density at radius 2 is 2.00 bits per heavy atom. The van der Waals surface area contributed by atoms with Gasteiger partial charge in [0.1, 0.15) is 5.82 Å². The van der Waals surface area contributed by atoms with Crippen LogP contribution in [0.5, 0.6) is 0 Å². The van der Waals surface area contributed by atoms with E-state index in [-0.39, 0.29) is 5.82 Å². The largest absolute Gasteiger partial charge is 0.314 e. The maximum Gasteiger partial charge on any atom is 0.137 e. The molecule has 2 aromatic rings. The molecule has 1 heterocycles. The van der Waals surface area contributed by atoms with Crippen molar-refractivity contribution in [1.82, 2.24) is 10.2 Å². The molecule has 0 saturated carbocycles. The fourth-order valence-electron chi connectivity index (χ4n) is 2.81. The van der Waals surface area contributed by atoms with Crippen molar-refractivity contribution in [1.29, 1.82) is 0 Å². The second kappa shape index (κ2) is 6.69. The molecule has 0 amide bonds. The van der Waals surface area contributed by atoms with Gasteiger partial charge in [-0.1, -0.05) is 36.4 Å². The summed E-state index contributed by atoms with van der Waals surface area (Å²) in [7, 11) is 0. The molecule has 0 radical (unpaired) electrons. The van der Waals surface area contributed by atoms with E-state index < -0.39 is 0 Å². The molecule has 0 spiro atoms. The summed E-state index contributed by atoms with van der Waals surface area (Å²) in [5, 5.41) is 3.46. The van der Waals surface area contributed by atoms with Crippen LogP contribution in [0.4, 0.5) is 4.39 Å². The van der Waals surface area contributed by atoms with Crippen molar-refractivity contribution in [2.75, 3.05) is 19.6 Å². The van der Waals surface area contributed by atoms with Crippen molar-refractivity contribution in [2.45, 2.75) is 12.6 Å². The lowest BCUT2D eigenvalue weighted by Crippen LogP contribution is -2.45. The molecule has 1 aliphatic heterocycles. The van der Waals surface area contributed by atoms with Crippen molar-refractivity contribution < 1.29 is 4.39 Å². The molecule has 1 saturated heterocycles. The topological polar surface area (TPSA) is 15.3 Å². The molecule has 1 atom stereocenters. The molecular weight excluding hydrogens is 331 g/mol. The fourth-order valence-corrected chi connectivity index (χ4v) is 3.24. The van der Waals surface area contributed by atoms with Crippen LogP contribution < -0.4 is 5.32 Å². The van der Waals surface area contributed by atoms with Gasteiger partial charge >= 0.3 is 0 Å². The fraction of sp³-hybridized carbons (Fsp3) is 0.294. The number of hydrogen-bond donors (Lipinski definition) is 1. The number of halogens is 2. The number of benzene rings is 2. The van der Waals surface area contributed by atoms with E-state index >= 15 is 0 Å². The molecule has 3 rings (SSSR count). The molecule has 1 N–H and O–H groups in total. The Morgan fingerprint density at radius 1 is 1.19 bits per heavy atom. The van der Waals surface area contributed by atoms with Crippen LogP contribution >= 0.6 is 15.9 Å². The molecule has 0 aromatic heterocycles. The van der Waals surface area contributed by atoms with Gasteiger partial charge in [-0.2, -0.15) is 0 Å². The van der Waals surface area contributed by atoms with Crippen LogP contribution in [-0.4, -0.2) is 24.5 Å². The van der Waals surface area contributed by atoms with Crippen LogP contribution in [0, 0.1) is 5.82 Å². The van der Waals surface area contributed by atoms with E-state index in [1.807, 2.05) is 18.2 Å². The van der Waals surface area contributed by atoms with Gasteiger partial charge in [0.15, 0.2) is 0 Å². The molecule has 2 aromatic carbocycles. The Hall–Kier alpha value is -1.23. The summed E-state index contributed by atoms with van der Waals surface area (Å²) in [4.78, 5) is 2.45. The summed E-state index contributed by atoms with van der Waals surface area (Å²) in [6.07, 6.45) is 0. The van der Waals surface area contributed by atoms with Crippen LogP contribution in [-0.2, 0) is 6.54 Å². The quantitative estimate of drug-likeness (QED) is 0.908. The number of piperazine rings is 1. The Balaban J connectivity index is 1.79. The third-order valence-electron chi connectivity index (χ3n) is 3.91. The van der Waals surface area contributed by atoms with Gasteiger partial charge in [0.2, 0.25) is 0 Å². The molecule has 0 aliphatic carbocycles. The van der Waals surface area contributed by atoms with Crippen LogP contribution in [0.25, 0.3) is 0 Å². The van der Waals surface area contributed by atoms with Gasteiger partial charge in [0.05, 0.1) is 4.47 Å². The van der Waals surface area contributed by atoms with Crippen molar-refractivity contribution in [2.24, 2.45) is 0 Å². The van der Waals surface area contributed by atoms with E-state index in [0.717, 1.165) is 31.7 Å². The number of nitrogens with one attached hydrogen (secondary N) is 1. The zero-order chi connectivity index (χ0) is 14.7. The van der Waals surface area contributed by atoms with Crippen LogP contribution in [0.2, 0.25) is 0 Å². The Labute approximate surface area is 133 Å². The minimum absolute atomic E-state index is 0.210. The Kier molecular flexibility index (Phi) is 4.68. The molecule has 110 valence electrons. The third-order valence-corrected chi connectivity index (χ3v) is 4.52. The SMILES string of the molecule is Fc1ccc(CN2CCNCC2c2ccccc2)cc1Br. The van der Waals surface area contributed by atoms with Gasteiger partial charge in [0.25, 0.3) is 0 Å². The normalized spacial score (nSPS) is 19.6. The molecule has 1 fully saturated rings. The molecule has 21 heavy (non-hydrogen) atoms. The maximum atomic E-state index is 13.3.